The van der Waals surface area contributed by atoms with Gasteiger partial charge in [0.25, 0.3) is 5.91 Å². The molecule has 96 valence electrons. The molecule has 0 aliphatic carbocycles. The monoisotopic (exact) mass is 257 g/mol. The topological polar surface area (TPSA) is 48.1 Å². The second kappa shape index (κ2) is 5.56. The van der Waals surface area contributed by atoms with Gasteiger partial charge in [0.15, 0.2) is 0 Å². The van der Waals surface area contributed by atoms with Gasteiger partial charge in [0.2, 0.25) is 0 Å². The molecule has 2 rings (SSSR count). The Morgan fingerprint density at radius 1 is 1.47 bits per heavy atom. The van der Waals surface area contributed by atoms with Crippen molar-refractivity contribution in [3.05, 3.63) is 23.0 Å². The fourth-order valence-electron chi connectivity index (χ4n) is 2.24. The summed E-state index contributed by atoms with van der Waals surface area (Å²) in [4.78, 5) is 17.4. The van der Waals surface area contributed by atoms with E-state index in [0.717, 1.165) is 36.6 Å². The molecule has 1 aliphatic heterocycles. The van der Waals surface area contributed by atoms with Crippen LogP contribution in [0.5, 0.6) is 0 Å². The first-order valence-electron chi connectivity index (χ1n) is 5.77. The first-order valence-corrected chi connectivity index (χ1v) is 5.77. The number of nitrogens with one attached hydrogen (secondary N) is 2. The smallest absolute Gasteiger partial charge is 0.270 e. The number of carbonyl (C=O) groups is 1. The number of aryl methyl sites for hydroxylation is 2. The van der Waals surface area contributed by atoms with Gasteiger partial charge in [-0.1, -0.05) is 0 Å². The maximum absolute atomic E-state index is 12.3. The zero-order valence-electron chi connectivity index (χ0n) is 10.5. The number of aromatic nitrogens is 1. The molecule has 2 heterocycles. The number of rotatable bonds is 1. The summed E-state index contributed by atoms with van der Waals surface area (Å²) in [6.45, 7) is 8.58. The molecule has 0 saturated carbocycles. The molecule has 0 spiro atoms. The Balaban J connectivity index is 0.00000144. The quantitative estimate of drug-likeness (QED) is 0.801. The molecule has 5 heteroatoms. The van der Waals surface area contributed by atoms with Crippen LogP contribution in [0.1, 0.15) is 28.7 Å². The zero-order chi connectivity index (χ0) is 11.7. The van der Waals surface area contributed by atoms with Gasteiger partial charge in [0, 0.05) is 31.4 Å². The summed E-state index contributed by atoms with van der Waals surface area (Å²) in [5, 5.41) is 3.29. The standard InChI is InChI=1S/C12H19N3O.ClH/c1-8-6-9(2)14-11(8)12(16)15-5-4-13-7-10(15)3;/h6,10,13-14H,4-5,7H2,1-3H3;1H/t10-;/m1./s1. The molecular formula is C12H20ClN3O. The minimum absolute atomic E-state index is 0. The average molecular weight is 258 g/mol. The minimum Gasteiger partial charge on any atom is -0.354 e. The molecule has 0 bridgehead atoms. The Hall–Kier alpha value is -1.00. The fraction of sp³-hybridized carbons (Fsp3) is 0.583. The van der Waals surface area contributed by atoms with Crippen LogP contribution in [0.15, 0.2) is 6.07 Å². The van der Waals surface area contributed by atoms with Crippen molar-refractivity contribution in [2.45, 2.75) is 26.8 Å². The van der Waals surface area contributed by atoms with Crippen LogP contribution >= 0.6 is 12.4 Å². The van der Waals surface area contributed by atoms with Crippen molar-refractivity contribution >= 4 is 18.3 Å². The Bertz CT molecular complexity index is 402. The predicted octanol–water partition coefficient (Wildman–Crippen LogP) is 1.49. The number of nitrogens with zero attached hydrogens (tertiary/aromatic N) is 1. The first-order chi connectivity index (χ1) is 7.59. The third kappa shape index (κ3) is 2.82. The Labute approximate surface area is 108 Å². The van der Waals surface area contributed by atoms with Crippen LogP contribution in [0, 0.1) is 13.8 Å². The lowest BCUT2D eigenvalue weighted by Crippen LogP contribution is -2.52. The van der Waals surface area contributed by atoms with E-state index >= 15 is 0 Å². The van der Waals surface area contributed by atoms with Gasteiger partial charge in [-0.05, 0) is 32.4 Å². The number of carbonyl (C=O) groups excluding carboxylic acids is 1. The van der Waals surface area contributed by atoms with Crippen molar-refractivity contribution in [3.8, 4) is 0 Å². The van der Waals surface area contributed by atoms with Crippen molar-refractivity contribution < 1.29 is 4.79 Å². The maximum atomic E-state index is 12.3. The summed E-state index contributed by atoms with van der Waals surface area (Å²) in [7, 11) is 0. The van der Waals surface area contributed by atoms with Gasteiger partial charge in [-0.3, -0.25) is 4.79 Å². The molecule has 4 nitrogen and oxygen atoms in total. The molecule has 0 unspecified atom stereocenters. The maximum Gasteiger partial charge on any atom is 0.270 e. The van der Waals surface area contributed by atoms with Crippen LogP contribution in [0.3, 0.4) is 0 Å². The van der Waals surface area contributed by atoms with Crippen LogP contribution in [0.25, 0.3) is 0 Å². The normalized spacial score (nSPS) is 19.9. The third-order valence-electron chi connectivity index (χ3n) is 3.13. The molecule has 1 atom stereocenters. The molecule has 2 N–H and O–H groups in total. The van der Waals surface area contributed by atoms with Gasteiger partial charge >= 0.3 is 0 Å². The number of aromatic amines is 1. The van der Waals surface area contributed by atoms with E-state index in [1.807, 2.05) is 24.8 Å². The van der Waals surface area contributed by atoms with E-state index in [4.69, 9.17) is 0 Å². The molecule has 0 aromatic carbocycles. The van der Waals surface area contributed by atoms with Gasteiger partial charge in [0.1, 0.15) is 5.69 Å². The lowest BCUT2D eigenvalue weighted by atomic mass is 10.1. The Morgan fingerprint density at radius 3 is 2.71 bits per heavy atom. The summed E-state index contributed by atoms with van der Waals surface area (Å²) >= 11 is 0. The number of piperazine rings is 1. The van der Waals surface area contributed by atoms with Gasteiger partial charge < -0.3 is 15.2 Å². The molecular weight excluding hydrogens is 238 g/mol. The fourth-order valence-corrected chi connectivity index (χ4v) is 2.24. The van der Waals surface area contributed by atoms with Crippen LogP contribution in [0.2, 0.25) is 0 Å². The zero-order valence-corrected chi connectivity index (χ0v) is 11.4. The molecule has 17 heavy (non-hydrogen) atoms. The highest BCUT2D eigenvalue weighted by Gasteiger charge is 2.25. The van der Waals surface area contributed by atoms with Crippen molar-refractivity contribution in [2.24, 2.45) is 0 Å². The van der Waals surface area contributed by atoms with Gasteiger partial charge in [-0.25, -0.2) is 0 Å². The van der Waals surface area contributed by atoms with Crippen molar-refractivity contribution in [1.82, 2.24) is 15.2 Å². The largest absolute Gasteiger partial charge is 0.354 e. The highest BCUT2D eigenvalue weighted by atomic mass is 35.5. The summed E-state index contributed by atoms with van der Waals surface area (Å²) < 4.78 is 0. The molecule has 1 amide bonds. The van der Waals surface area contributed by atoms with Crippen LogP contribution < -0.4 is 5.32 Å². The number of hydrogen-bond acceptors (Lipinski definition) is 2. The average Bonchev–Trinajstić information content (AvgIpc) is 2.58. The number of H-pyrrole nitrogens is 1. The molecule has 1 aromatic heterocycles. The van der Waals surface area contributed by atoms with Crippen molar-refractivity contribution in [2.75, 3.05) is 19.6 Å². The summed E-state index contributed by atoms with van der Waals surface area (Å²) in [6.07, 6.45) is 0. The summed E-state index contributed by atoms with van der Waals surface area (Å²) in [5.41, 5.74) is 2.82. The molecule has 0 radical (unpaired) electrons. The van der Waals surface area contributed by atoms with Gasteiger partial charge in [-0.15, -0.1) is 12.4 Å². The molecule has 1 fully saturated rings. The van der Waals surface area contributed by atoms with E-state index in [9.17, 15) is 4.79 Å². The van der Waals surface area contributed by atoms with Crippen molar-refractivity contribution in [1.29, 1.82) is 0 Å². The predicted molar refractivity (Wildman–Crippen MR) is 70.9 cm³/mol. The third-order valence-corrected chi connectivity index (χ3v) is 3.13. The van der Waals surface area contributed by atoms with Gasteiger partial charge in [0.05, 0.1) is 0 Å². The summed E-state index contributed by atoms with van der Waals surface area (Å²) in [5.74, 6) is 0.125. The van der Waals surface area contributed by atoms with E-state index in [2.05, 4.69) is 17.2 Å². The van der Waals surface area contributed by atoms with Gasteiger partial charge in [-0.2, -0.15) is 0 Å². The van der Waals surface area contributed by atoms with E-state index in [1.165, 1.54) is 0 Å². The van der Waals surface area contributed by atoms with Crippen molar-refractivity contribution in [3.63, 3.8) is 0 Å². The SMILES string of the molecule is Cc1cc(C)c(C(=O)N2CCNC[C@H]2C)[nH]1.Cl. The second-order valence-electron chi connectivity index (χ2n) is 4.56. The van der Waals surface area contributed by atoms with Crippen LogP contribution in [-0.2, 0) is 0 Å². The lowest BCUT2D eigenvalue weighted by molar-refractivity contribution is 0.0649. The molecule has 1 aromatic rings. The lowest BCUT2D eigenvalue weighted by Gasteiger charge is -2.33. The van der Waals surface area contributed by atoms with E-state index < -0.39 is 0 Å². The Kier molecular flexibility index (Phi) is 4.60. The number of hydrogen-bond donors (Lipinski definition) is 2. The summed E-state index contributed by atoms with van der Waals surface area (Å²) in [6, 6.07) is 2.28. The number of amides is 1. The first kappa shape index (κ1) is 14.1. The Morgan fingerprint density at radius 2 is 2.18 bits per heavy atom. The van der Waals surface area contributed by atoms with E-state index in [1.54, 1.807) is 0 Å². The highest BCUT2D eigenvalue weighted by Crippen LogP contribution is 2.14. The molecule has 1 saturated heterocycles. The van der Waals surface area contributed by atoms with E-state index in [0.29, 0.717) is 0 Å². The second-order valence-corrected chi connectivity index (χ2v) is 4.56. The van der Waals surface area contributed by atoms with E-state index in [-0.39, 0.29) is 24.4 Å². The number of halogens is 1. The van der Waals surface area contributed by atoms with Crippen LogP contribution in [-0.4, -0.2) is 41.5 Å². The van der Waals surface area contributed by atoms with Crippen LogP contribution in [0.4, 0.5) is 0 Å². The molecule has 1 aliphatic rings. The highest BCUT2D eigenvalue weighted by molar-refractivity contribution is 5.94. The minimum atomic E-state index is 0.